The molecule has 1 amide bonds. The third kappa shape index (κ3) is 5.49. The first kappa shape index (κ1) is 19.0. The zero-order chi connectivity index (χ0) is 15.1. The molecule has 0 aliphatic rings. The molecule has 0 aliphatic carbocycles. The van der Waals surface area contributed by atoms with Crippen molar-refractivity contribution in [2.45, 2.75) is 13.3 Å². The Morgan fingerprint density at radius 3 is 2.29 bits per heavy atom. The Morgan fingerprint density at radius 1 is 1.29 bits per heavy atom. The van der Waals surface area contributed by atoms with Crippen LogP contribution in [0, 0.1) is 10.1 Å². The van der Waals surface area contributed by atoms with Gasteiger partial charge in [-0.25, -0.2) is 0 Å². The summed E-state index contributed by atoms with van der Waals surface area (Å²) in [6.07, 6.45) is -0.0511. The van der Waals surface area contributed by atoms with Crippen LogP contribution in [-0.4, -0.2) is 41.1 Å². The number of non-ortho nitro benzene ring substituents is 1. The first-order chi connectivity index (χ1) is 9.49. The molecule has 0 spiro atoms. The maximum atomic E-state index is 11.9. The lowest BCUT2D eigenvalue weighted by molar-refractivity contribution is -0.384. The number of halogens is 1. The molecule has 8 heteroatoms. The summed E-state index contributed by atoms with van der Waals surface area (Å²) >= 11 is 0. The normalized spacial score (nSPS) is 9.62. The predicted molar refractivity (Wildman–Crippen MR) is 71.8 cm³/mol. The summed E-state index contributed by atoms with van der Waals surface area (Å²) in [4.78, 5) is 35.2. The first-order valence-electron chi connectivity index (χ1n) is 6.34. The van der Waals surface area contributed by atoms with Gasteiger partial charge in [0.05, 0.1) is 18.0 Å². The molecular weight excluding hydrogens is 298 g/mol. The molecule has 0 aromatic heterocycles. The van der Waals surface area contributed by atoms with Gasteiger partial charge in [-0.2, -0.15) is 0 Å². The fourth-order valence-electron chi connectivity index (χ4n) is 1.77. The van der Waals surface area contributed by atoms with E-state index in [4.69, 9.17) is 0 Å². The average Bonchev–Trinajstić information content (AvgIpc) is 2.44. The third-order valence-electron chi connectivity index (χ3n) is 2.85. The molecule has 0 saturated carbocycles. The van der Waals surface area contributed by atoms with Crippen molar-refractivity contribution in [3.63, 3.8) is 0 Å². The second-order valence-corrected chi connectivity index (χ2v) is 4.26. The Balaban J connectivity index is 0.00000400. The number of hydrogen-bond acceptors (Lipinski definition) is 4. The lowest BCUT2D eigenvalue weighted by Gasteiger charge is -2.17. The van der Waals surface area contributed by atoms with Crippen molar-refractivity contribution < 1.29 is 32.7 Å². The Hall–Kier alpha value is -1.99. The summed E-state index contributed by atoms with van der Waals surface area (Å²) in [5.74, 6) is -1.05. The molecule has 0 bridgehead atoms. The Labute approximate surface area is 128 Å². The van der Waals surface area contributed by atoms with Gasteiger partial charge in [-0.15, -0.1) is 0 Å². The van der Waals surface area contributed by atoms with Gasteiger partial charge in [-0.05, 0) is 12.5 Å². The van der Waals surface area contributed by atoms with E-state index in [-0.39, 0.29) is 24.5 Å². The molecule has 7 nitrogen and oxygen atoms in total. The van der Waals surface area contributed by atoms with Gasteiger partial charge in [0.25, 0.3) is 11.6 Å². The summed E-state index contributed by atoms with van der Waals surface area (Å²) in [6.45, 7) is 3.25. The van der Waals surface area contributed by atoms with Crippen molar-refractivity contribution in [2.24, 2.45) is 0 Å². The number of nitrogens with zero attached hydrogens (tertiary/aromatic N) is 2. The molecule has 1 aromatic carbocycles. The summed E-state index contributed by atoms with van der Waals surface area (Å²) in [6, 6.07) is 5.61. The number of nitro groups is 1. The third-order valence-corrected chi connectivity index (χ3v) is 2.85. The van der Waals surface area contributed by atoms with Crippen LogP contribution in [0.2, 0.25) is 0 Å². The highest BCUT2D eigenvalue weighted by molar-refractivity contribution is 6.36. The minimum absolute atomic E-state index is 0. The molecule has 0 atom stereocenters. The van der Waals surface area contributed by atoms with Gasteiger partial charge >= 0.3 is 0 Å². The number of ketones is 1. The SMILES string of the molecule is CCN(CC[NH3+])C(=O)C(=O)Cc1ccc([N+](=O)[O-])cc1.[Cl-]. The Morgan fingerprint density at radius 2 is 1.86 bits per heavy atom. The molecular formula is C13H18ClN3O4. The zero-order valence-corrected chi connectivity index (χ0v) is 12.5. The Kier molecular flexibility index (Phi) is 8.18. The molecule has 0 aliphatic heterocycles. The van der Waals surface area contributed by atoms with Gasteiger partial charge in [-0.1, -0.05) is 12.1 Å². The highest BCUT2D eigenvalue weighted by Crippen LogP contribution is 2.12. The number of benzene rings is 1. The molecule has 1 aromatic rings. The molecule has 21 heavy (non-hydrogen) atoms. The van der Waals surface area contributed by atoms with E-state index in [0.29, 0.717) is 25.2 Å². The van der Waals surface area contributed by atoms with Gasteiger partial charge in [0.2, 0.25) is 5.78 Å². The number of hydrogen-bond donors (Lipinski definition) is 1. The van der Waals surface area contributed by atoms with Crippen molar-refractivity contribution in [1.82, 2.24) is 4.90 Å². The maximum Gasteiger partial charge on any atom is 0.290 e. The summed E-state index contributed by atoms with van der Waals surface area (Å²) in [7, 11) is 0. The zero-order valence-electron chi connectivity index (χ0n) is 11.8. The number of nitro benzene ring substituents is 1. The van der Waals surface area contributed by atoms with Crippen molar-refractivity contribution in [2.75, 3.05) is 19.6 Å². The van der Waals surface area contributed by atoms with Crippen LogP contribution in [0.25, 0.3) is 0 Å². The van der Waals surface area contributed by atoms with Crippen LogP contribution in [0.5, 0.6) is 0 Å². The lowest BCUT2D eigenvalue weighted by Crippen LogP contribution is -3.00. The molecule has 0 saturated heterocycles. The number of likely N-dealkylation sites (N-methyl/N-ethyl adjacent to an activating group) is 1. The number of rotatable bonds is 7. The van der Waals surface area contributed by atoms with Crippen LogP contribution in [0.3, 0.4) is 0 Å². The van der Waals surface area contributed by atoms with E-state index in [9.17, 15) is 19.7 Å². The minimum atomic E-state index is -0.533. The van der Waals surface area contributed by atoms with E-state index >= 15 is 0 Å². The summed E-state index contributed by atoms with van der Waals surface area (Å²) in [5, 5.41) is 10.5. The molecule has 3 N–H and O–H groups in total. The number of carbonyl (C=O) groups excluding carboxylic acids is 2. The van der Waals surface area contributed by atoms with E-state index in [1.807, 2.05) is 0 Å². The number of quaternary nitrogens is 1. The quantitative estimate of drug-likeness (QED) is 0.325. The Bertz CT molecular complexity index is 505. The fourth-order valence-corrected chi connectivity index (χ4v) is 1.77. The van der Waals surface area contributed by atoms with E-state index in [1.165, 1.54) is 29.2 Å². The maximum absolute atomic E-state index is 11.9. The van der Waals surface area contributed by atoms with Gasteiger partial charge in [0.15, 0.2) is 0 Å². The molecule has 0 heterocycles. The van der Waals surface area contributed by atoms with E-state index in [1.54, 1.807) is 6.92 Å². The lowest BCUT2D eigenvalue weighted by atomic mass is 10.1. The van der Waals surface area contributed by atoms with Crippen molar-refractivity contribution in [3.8, 4) is 0 Å². The van der Waals surface area contributed by atoms with Gasteiger partial charge < -0.3 is 23.0 Å². The summed E-state index contributed by atoms with van der Waals surface area (Å²) in [5.41, 5.74) is 4.20. The van der Waals surface area contributed by atoms with E-state index < -0.39 is 16.6 Å². The molecule has 0 unspecified atom stereocenters. The van der Waals surface area contributed by atoms with Crippen molar-refractivity contribution >= 4 is 17.4 Å². The van der Waals surface area contributed by atoms with Crippen LogP contribution in [0.15, 0.2) is 24.3 Å². The second kappa shape index (κ2) is 9.04. The smallest absolute Gasteiger partial charge is 0.290 e. The number of amides is 1. The summed E-state index contributed by atoms with van der Waals surface area (Å²) < 4.78 is 0. The largest absolute Gasteiger partial charge is 1.00 e. The molecule has 1 rings (SSSR count). The highest BCUT2D eigenvalue weighted by atomic mass is 35.5. The van der Waals surface area contributed by atoms with Crippen LogP contribution in [0.4, 0.5) is 5.69 Å². The monoisotopic (exact) mass is 315 g/mol. The fraction of sp³-hybridized carbons (Fsp3) is 0.385. The molecule has 0 fully saturated rings. The molecule has 116 valence electrons. The average molecular weight is 316 g/mol. The van der Waals surface area contributed by atoms with Gasteiger partial charge in [0.1, 0.15) is 0 Å². The van der Waals surface area contributed by atoms with Crippen LogP contribution in [-0.2, 0) is 16.0 Å². The van der Waals surface area contributed by atoms with Crippen molar-refractivity contribution in [1.29, 1.82) is 0 Å². The molecule has 0 radical (unpaired) electrons. The van der Waals surface area contributed by atoms with Crippen LogP contribution in [0.1, 0.15) is 12.5 Å². The topological polar surface area (TPSA) is 108 Å². The van der Waals surface area contributed by atoms with Gasteiger partial charge in [0, 0.05) is 25.1 Å². The van der Waals surface area contributed by atoms with Crippen molar-refractivity contribution in [3.05, 3.63) is 39.9 Å². The van der Waals surface area contributed by atoms with Crippen LogP contribution < -0.4 is 18.1 Å². The van der Waals surface area contributed by atoms with E-state index in [2.05, 4.69) is 5.73 Å². The number of Topliss-reactive ketones (excluding diaryl/α,β-unsaturated/α-hetero) is 1. The van der Waals surface area contributed by atoms with Crippen LogP contribution >= 0.6 is 0 Å². The first-order valence-corrected chi connectivity index (χ1v) is 6.34. The number of carbonyl (C=O) groups is 2. The standard InChI is InChI=1S/C13H17N3O4.ClH/c1-2-15(8-7-14)13(18)12(17)9-10-3-5-11(6-4-10)16(19)20;/h3-6H,2,7-9,14H2,1H3;1H. The predicted octanol–water partition coefficient (Wildman–Crippen LogP) is -3.20. The minimum Gasteiger partial charge on any atom is -1.00 e. The highest BCUT2D eigenvalue weighted by Gasteiger charge is 2.20. The second-order valence-electron chi connectivity index (χ2n) is 4.26. The van der Waals surface area contributed by atoms with E-state index in [0.717, 1.165) is 0 Å². The van der Waals surface area contributed by atoms with Gasteiger partial charge in [-0.3, -0.25) is 19.7 Å².